The van der Waals surface area contributed by atoms with Gasteiger partial charge in [0.25, 0.3) is 0 Å². The number of unbranched alkanes of at least 4 members (excludes halogenated alkanes) is 1. The van der Waals surface area contributed by atoms with Crippen LogP contribution < -0.4 is 5.73 Å². The van der Waals surface area contributed by atoms with E-state index in [0.717, 1.165) is 31.2 Å². The molecule has 124 valence electrons. The number of benzene rings is 1. The summed E-state index contributed by atoms with van der Waals surface area (Å²) < 4.78 is 0. The van der Waals surface area contributed by atoms with Gasteiger partial charge in [0.15, 0.2) is 0 Å². The largest absolute Gasteiger partial charge is 0.329 e. The zero-order valence-corrected chi connectivity index (χ0v) is 15.0. The van der Waals surface area contributed by atoms with Crippen LogP contribution in [0.2, 0.25) is 5.02 Å². The average Bonchev–Trinajstić information content (AvgIpc) is 2.89. The highest BCUT2D eigenvalue weighted by Crippen LogP contribution is 2.37. The van der Waals surface area contributed by atoms with E-state index >= 15 is 0 Å². The van der Waals surface area contributed by atoms with Gasteiger partial charge in [-0.15, -0.1) is 0 Å². The molecule has 0 amide bonds. The van der Waals surface area contributed by atoms with Crippen LogP contribution in [0, 0.1) is 6.92 Å². The van der Waals surface area contributed by atoms with Crippen LogP contribution >= 0.6 is 11.6 Å². The molecule has 2 N–H and O–H groups in total. The SMILES string of the molecule is CCN(CC)CCCCN1Cc2c(ccc(Cl)c2C)C1CN. The molecule has 0 radical (unpaired) electrons. The third-order valence-electron chi connectivity index (χ3n) is 5.02. The van der Waals surface area contributed by atoms with Crippen molar-refractivity contribution in [3.63, 3.8) is 0 Å². The number of nitrogens with zero attached hydrogens (tertiary/aromatic N) is 2. The predicted molar refractivity (Wildman–Crippen MR) is 95.4 cm³/mol. The molecule has 0 spiro atoms. The summed E-state index contributed by atoms with van der Waals surface area (Å²) in [7, 11) is 0. The summed E-state index contributed by atoms with van der Waals surface area (Å²) in [5, 5.41) is 0.873. The summed E-state index contributed by atoms with van der Waals surface area (Å²) in [5.74, 6) is 0. The molecule has 2 rings (SSSR count). The van der Waals surface area contributed by atoms with Gasteiger partial charge in [-0.25, -0.2) is 0 Å². The Bertz CT molecular complexity index is 485. The van der Waals surface area contributed by atoms with Crippen molar-refractivity contribution in [2.45, 2.75) is 46.2 Å². The lowest BCUT2D eigenvalue weighted by Gasteiger charge is -2.24. The minimum absolute atomic E-state index is 0.361. The van der Waals surface area contributed by atoms with Gasteiger partial charge in [0.05, 0.1) is 0 Å². The van der Waals surface area contributed by atoms with Gasteiger partial charge in [-0.05, 0) is 68.7 Å². The summed E-state index contributed by atoms with van der Waals surface area (Å²) in [5.41, 5.74) is 10.0. The second-order valence-corrected chi connectivity index (χ2v) is 6.60. The van der Waals surface area contributed by atoms with Crippen LogP contribution in [-0.2, 0) is 6.54 Å². The van der Waals surface area contributed by atoms with Crippen LogP contribution in [0.1, 0.15) is 49.4 Å². The molecule has 0 bridgehead atoms. The topological polar surface area (TPSA) is 32.5 Å². The monoisotopic (exact) mass is 323 g/mol. The normalized spacial score (nSPS) is 18.2. The van der Waals surface area contributed by atoms with Crippen molar-refractivity contribution in [2.24, 2.45) is 5.73 Å². The maximum Gasteiger partial charge on any atom is 0.0477 e. The highest BCUT2D eigenvalue weighted by molar-refractivity contribution is 6.31. The Balaban J connectivity index is 1.92. The van der Waals surface area contributed by atoms with Gasteiger partial charge < -0.3 is 10.6 Å². The molecule has 0 fully saturated rings. The van der Waals surface area contributed by atoms with E-state index in [-0.39, 0.29) is 0 Å². The quantitative estimate of drug-likeness (QED) is 0.742. The Kier molecular flexibility index (Phi) is 6.69. The Hall–Kier alpha value is -0.610. The number of nitrogens with two attached hydrogens (primary N) is 1. The molecule has 0 aliphatic carbocycles. The molecule has 0 aromatic heterocycles. The third-order valence-corrected chi connectivity index (χ3v) is 5.43. The first-order valence-electron chi connectivity index (χ1n) is 8.56. The Morgan fingerprint density at radius 3 is 2.64 bits per heavy atom. The summed E-state index contributed by atoms with van der Waals surface area (Å²) in [6, 6.07) is 4.54. The van der Waals surface area contributed by atoms with Gasteiger partial charge >= 0.3 is 0 Å². The van der Waals surface area contributed by atoms with Crippen molar-refractivity contribution in [1.82, 2.24) is 9.80 Å². The van der Waals surface area contributed by atoms with E-state index in [1.807, 2.05) is 6.07 Å². The lowest BCUT2D eigenvalue weighted by molar-refractivity contribution is 0.208. The number of hydrogen-bond donors (Lipinski definition) is 1. The minimum atomic E-state index is 0.361. The standard InChI is InChI=1S/C18H30ClN3/c1-4-21(5-2)10-6-7-11-22-13-16-14(3)17(19)9-8-15(16)18(22)12-20/h8-9,18H,4-7,10-13,20H2,1-3H3. The maximum absolute atomic E-state index is 6.27. The lowest BCUT2D eigenvalue weighted by Crippen LogP contribution is -2.30. The molecule has 0 saturated heterocycles. The first-order chi connectivity index (χ1) is 10.6. The number of fused-ring (bicyclic) bond motifs is 1. The Labute approximate surface area is 140 Å². The Morgan fingerprint density at radius 2 is 2.00 bits per heavy atom. The van der Waals surface area contributed by atoms with E-state index < -0.39 is 0 Å². The fourth-order valence-electron chi connectivity index (χ4n) is 3.48. The van der Waals surface area contributed by atoms with E-state index in [2.05, 4.69) is 36.6 Å². The van der Waals surface area contributed by atoms with Crippen LogP contribution in [0.25, 0.3) is 0 Å². The second kappa shape index (κ2) is 8.30. The highest BCUT2D eigenvalue weighted by Gasteiger charge is 2.30. The molecule has 0 saturated carbocycles. The first-order valence-corrected chi connectivity index (χ1v) is 8.94. The molecule has 3 nitrogen and oxygen atoms in total. The van der Waals surface area contributed by atoms with Crippen molar-refractivity contribution in [1.29, 1.82) is 0 Å². The molecule has 1 aromatic carbocycles. The zero-order valence-electron chi connectivity index (χ0n) is 14.2. The molecule has 1 aliphatic heterocycles. The van der Waals surface area contributed by atoms with Crippen molar-refractivity contribution >= 4 is 11.6 Å². The molecular weight excluding hydrogens is 294 g/mol. The van der Waals surface area contributed by atoms with Crippen LogP contribution in [0.15, 0.2) is 12.1 Å². The summed E-state index contributed by atoms with van der Waals surface area (Å²) in [6.07, 6.45) is 2.49. The van der Waals surface area contributed by atoms with E-state index in [9.17, 15) is 0 Å². The van der Waals surface area contributed by atoms with E-state index in [4.69, 9.17) is 17.3 Å². The zero-order chi connectivity index (χ0) is 16.1. The molecule has 1 atom stereocenters. The fraction of sp³-hybridized carbons (Fsp3) is 0.667. The van der Waals surface area contributed by atoms with Gasteiger partial charge in [0.2, 0.25) is 0 Å². The summed E-state index contributed by atoms with van der Waals surface area (Å²) in [6.45, 7) is 12.9. The van der Waals surface area contributed by atoms with E-state index in [1.54, 1.807) is 0 Å². The van der Waals surface area contributed by atoms with Gasteiger partial charge in [-0.2, -0.15) is 0 Å². The highest BCUT2D eigenvalue weighted by atomic mass is 35.5. The molecule has 1 unspecified atom stereocenters. The average molecular weight is 324 g/mol. The molecule has 1 aromatic rings. The van der Waals surface area contributed by atoms with Crippen molar-refractivity contribution < 1.29 is 0 Å². The van der Waals surface area contributed by atoms with Gasteiger partial charge in [0, 0.05) is 24.2 Å². The summed E-state index contributed by atoms with van der Waals surface area (Å²) >= 11 is 6.27. The summed E-state index contributed by atoms with van der Waals surface area (Å²) in [4.78, 5) is 5.01. The van der Waals surface area contributed by atoms with Crippen LogP contribution in [-0.4, -0.2) is 42.5 Å². The van der Waals surface area contributed by atoms with Crippen molar-refractivity contribution in [2.75, 3.05) is 32.7 Å². The molecule has 1 heterocycles. The third kappa shape index (κ3) is 3.83. The minimum Gasteiger partial charge on any atom is -0.329 e. The lowest BCUT2D eigenvalue weighted by atomic mass is 10.0. The van der Waals surface area contributed by atoms with E-state index in [0.29, 0.717) is 12.6 Å². The smallest absolute Gasteiger partial charge is 0.0477 e. The van der Waals surface area contributed by atoms with Crippen molar-refractivity contribution in [3.05, 3.63) is 33.8 Å². The Morgan fingerprint density at radius 1 is 1.27 bits per heavy atom. The first kappa shape index (κ1) is 17.7. The maximum atomic E-state index is 6.27. The fourth-order valence-corrected chi connectivity index (χ4v) is 3.66. The number of hydrogen-bond acceptors (Lipinski definition) is 3. The second-order valence-electron chi connectivity index (χ2n) is 6.20. The van der Waals surface area contributed by atoms with Crippen molar-refractivity contribution in [3.8, 4) is 0 Å². The number of rotatable bonds is 8. The molecular formula is C18H30ClN3. The van der Waals surface area contributed by atoms with Crippen LogP contribution in [0.5, 0.6) is 0 Å². The molecule has 22 heavy (non-hydrogen) atoms. The van der Waals surface area contributed by atoms with Gasteiger partial charge in [0.1, 0.15) is 0 Å². The van der Waals surface area contributed by atoms with Gasteiger partial charge in [-0.3, -0.25) is 4.90 Å². The predicted octanol–water partition coefficient (Wildman–Crippen LogP) is 3.59. The van der Waals surface area contributed by atoms with E-state index in [1.165, 1.54) is 36.1 Å². The van der Waals surface area contributed by atoms with Crippen LogP contribution in [0.3, 0.4) is 0 Å². The van der Waals surface area contributed by atoms with Crippen LogP contribution in [0.4, 0.5) is 0 Å². The molecule has 4 heteroatoms. The number of halogens is 1. The van der Waals surface area contributed by atoms with Gasteiger partial charge in [-0.1, -0.05) is 31.5 Å². The molecule has 1 aliphatic rings.